The number of piperazine rings is 1. The number of anilines is 1. The fourth-order valence-electron chi connectivity index (χ4n) is 3.32. The summed E-state index contributed by atoms with van der Waals surface area (Å²) >= 11 is 0. The van der Waals surface area contributed by atoms with Gasteiger partial charge in [-0.05, 0) is 38.4 Å². The molecule has 20 heavy (non-hydrogen) atoms. The number of nitrogens with zero attached hydrogens (tertiary/aromatic N) is 3. The van der Waals surface area contributed by atoms with Crippen molar-refractivity contribution in [3.8, 4) is 0 Å². The molecule has 2 saturated heterocycles. The first kappa shape index (κ1) is 13.3. The van der Waals surface area contributed by atoms with E-state index in [-0.39, 0.29) is 11.9 Å². The second kappa shape index (κ2) is 5.38. The van der Waals surface area contributed by atoms with Gasteiger partial charge in [0.1, 0.15) is 0 Å². The van der Waals surface area contributed by atoms with Crippen molar-refractivity contribution in [2.24, 2.45) is 5.84 Å². The number of carbonyl (C=O) groups excluding carboxylic acids is 1. The van der Waals surface area contributed by atoms with Crippen LogP contribution in [0.2, 0.25) is 0 Å². The molecule has 1 aromatic rings. The van der Waals surface area contributed by atoms with E-state index >= 15 is 0 Å². The van der Waals surface area contributed by atoms with Crippen molar-refractivity contribution in [2.75, 3.05) is 25.1 Å². The molecule has 6 nitrogen and oxygen atoms in total. The fourth-order valence-corrected chi connectivity index (χ4v) is 3.32. The van der Waals surface area contributed by atoms with Crippen LogP contribution in [-0.4, -0.2) is 52.4 Å². The summed E-state index contributed by atoms with van der Waals surface area (Å²) in [7, 11) is 0. The van der Waals surface area contributed by atoms with Gasteiger partial charge in [-0.1, -0.05) is 0 Å². The zero-order valence-corrected chi connectivity index (χ0v) is 11.7. The van der Waals surface area contributed by atoms with E-state index in [1.807, 2.05) is 4.90 Å². The molecule has 0 radical (unpaired) electrons. The van der Waals surface area contributed by atoms with Crippen LogP contribution in [0.5, 0.6) is 0 Å². The number of hydrazine groups is 1. The van der Waals surface area contributed by atoms with Crippen molar-refractivity contribution in [3.05, 3.63) is 23.9 Å². The predicted octanol–water partition coefficient (Wildman–Crippen LogP) is 0.676. The Morgan fingerprint density at radius 1 is 1.50 bits per heavy atom. The van der Waals surface area contributed by atoms with E-state index in [0.29, 0.717) is 17.4 Å². The molecule has 2 atom stereocenters. The SMILES string of the molecule is CC1CN2CCCC2CN1C(=O)c1cccnc1NN. The van der Waals surface area contributed by atoms with Crippen LogP contribution >= 0.6 is 0 Å². The Morgan fingerprint density at radius 3 is 3.15 bits per heavy atom. The third-order valence-corrected chi connectivity index (χ3v) is 4.37. The van der Waals surface area contributed by atoms with E-state index in [0.717, 1.165) is 13.1 Å². The van der Waals surface area contributed by atoms with Crippen LogP contribution in [0.3, 0.4) is 0 Å². The Morgan fingerprint density at radius 2 is 2.35 bits per heavy atom. The molecule has 108 valence electrons. The van der Waals surface area contributed by atoms with Crippen molar-refractivity contribution in [1.29, 1.82) is 0 Å². The van der Waals surface area contributed by atoms with Crippen LogP contribution in [-0.2, 0) is 0 Å². The Kier molecular flexibility index (Phi) is 3.58. The Labute approximate surface area is 118 Å². The van der Waals surface area contributed by atoms with Crippen LogP contribution in [0, 0.1) is 0 Å². The smallest absolute Gasteiger partial charge is 0.257 e. The highest BCUT2D eigenvalue weighted by Crippen LogP contribution is 2.26. The quantitative estimate of drug-likeness (QED) is 0.613. The van der Waals surface area contributed by atoms with E-state index in [2.05, 4.69) is 22.2 Å². The molecule has 6 heteroatoms. The molecule has 1 amide bonds. The van der Waals surface area contributed by atoms with Gasteiger partial charge in [0.25, 0.3) is 5.91 Å². The van der Waals surface area contributed by atoms with Gasteiger partial charge in [0.05, 0.1) is 5.56 Å². The Hall–Kier alpha value is -1.66. The number of aromatic nitrogens is 1. The summed E-state index contributed by atoms with van der Waals surface area (Å²) in [5.74, 6) is 5.91. The lowest BCUT2D eigenvalue weighted by molar-refractivity contribution is 0.0396. The van der Waals surface area contributed by atoms with Gasteiger partial charge < -0.3 is 10.3 Å². The lowest BCUT2D eigenvalue weighted by Crippen LogP contribution is -2.56. The van der Waals surface area contributed by atoms with Gasteiger partial charge in [-0.3, -0.25) is 9.69 Å². The lowest BCUT2D eigenvalue weighted by Gasteiger charge is -2.42. The average molecular weight is 275 g/mol. The zero-order valence-electron chi connectivity index (χ0n) is 11.7. The summed E-state index contributed by atoms with van der Waals surface area (Å²) < 4.78 is 0. The van der Waals surface area contributed by atoms with Gasteiger partial charge >= 0.3 is 0 Å². The number of fused-ring (bicyclic) bond motifs is 1. The van der Waals surface area contributed by atoms with Crippen LogP contribution in [0.4, 0.5) is 5.82 Å². The Bertz CT molecular complexity index is 506. The van der Waals surface area contributed by atoms with Crippen LogP contribution < -0.4 is 11.3 Å². The molecule has 0 saturated carbocycles. The normalized spacial score (nSPS) is 26.4. The molecule has 3 heterocycles. The van der Waals surface area contributed by atoms with Crippen LogP contribution in [0.25, 0.3) is 0 Å². The highest BCUT2D eigenvalue weighted by atomic mass is 16.2. The van der Waals surface area contributed by atoms with Crippen LogP contribution in [0.15, 0.2) is 18.3 Å². The van der Waals surface area contributed by atoms with Crippen molar-refractivity contribution >= 4 is 11.7 Å². The van der Waals surface area contributed by atoms with Crippen molar-refractivity contribution in [2.45, 2.75) is 31.8 Å². The molecule has 0 spiro atoms. The molecule has 2 aliphatic heterocycles. The topological polar surface area (TPSA) is 74.5 Å². The number of nitrogens with two attached hydrogens (primary N) is 1. The van der Waals surface area contributed by atoms with E-state index in [4.69, 9.17) is 5.84 Å². The number of nitrogen functional groups attached to an aromatic ring is 1. The van der Waals surface area contributed by atoms with Gasteiger partial charge in [0, 0.05) is 31.4 Å². The maximum atomic E-state index is 12.8. The predicted molar refractivity (Wildman–Crippen MR) is 77.1 cm³/mol. The van der Waals surface area contributed by atoms with E-state index in [1.165, 1.54) is 19.4 Å². The molecule has 1 aromatic heterocycles. The monoisotopic (exact) mass is 275 g/mol. The van der Waals surface area contributed by atoms with Crippen molar-refractivity contribution in [1.82, 2.24) is 14.8 Å². The van der Waals surface area contributed by atoms with E-state index < -0.39 is 0 Å². The second-order valence-electron chi connectivity index (χ2n) is 5.64. The summed E-state index contributed by atoms with van der Waals surface area (Å²) in [5.41, 5.74) is 3.06. The Balaban J connectivity index is 1.82. The maximum Gasteiger partial charge on any atom is 0.257 e. The van der Waals surface area contributed by atoms with Gasteiger partial charge in [-0.2, -0.15) is 0 Å². The third kappa shape index (κ3) is 2.25. The number of carbonyl (C=O) groups is 1. The molecule has 0 bridgehead atoms. The molecule has 2 fully saturated rings. The summed E-state index contributed by atoms with van der Waals surface area (Å²) in [5, 5.41) is 0. The number of pyridine rings is 1. The summed E-state index contributed by atoms with van der Waals surface area (Å²) in [6.45, 7) is 5.04. The molecule has 0 aliphatic carbocycles. The van der Waals surface area contributed by atoms with Gasteiger partial charge in [-0.25, -0.2) is 10.8 Å². The highest BCUT2D eigenvalue weighted by Gasteiger charge is 2.37. The fraction of sp³-hybridized carbons (Fsp3) is 0.571. The van der Waals surface area contributed by atoms with Gasteiger partial charge in [0.2, 0.25) is 0 Å². The number of hydrogen-bond donors (Lipinski definition) is 2. The van der Waals surface area contributed by atoms with Gasteiger partial charge in [-0.15, -0.1) is 0 Å². The molecule has 3 rings (SSSR count). The molecule has 3 N–H and O–H groups in total. The summed E-state index contributed by atoms with van der Waals surface area (Å²) in [6, 6.07) is 4.28. The summed E-state index contributed by atoms with van der Waals surface area (Å²) in [4.78, 5) is 21.3. The van der Waals surface area contributed by atoms with Crippen molar-refractivity contribution in [3.63, 3.8) is 0 Å². The number of rotatable bonds is 2. The molecule has 2 aliphatic rings. The minimum atomic E-state index is 0.0186. The molecular formula is C14H21N5O. The van der Waals surface area contributed by atoms with E-state index in [1.54, 1.807) is 18.3 Å². The first-order valence-electron chi connectivity index (χ1n) is 7.17. The number of hydrogen-bond acceptors (Lipinski definition) is 5. The first-order chi connectivity index (χ1) is 9.70. The summed E-state index contributed by atoms with van der Waals surface area (Å²) in [6.07, 6.45) is 4.05. The van der Waals surface area contributed by atoms with E-state index in [9.17, 15) is 4.79 Å². The maximum absolute atomic E-state index is 12.8. The highest BCUT2D eigenvalue weighted by molar-refractivity contribution is 5.98. The molecular weight excluding hydrogens is 254 g/mol. The largest absolute Gasteiger partial charge is 0.333 e. The minimum absolute atomic E-state index is 0.0186. The average Bonchev–Trinajstić information content (AvgIpc) is 2.92. The standard InChI is InChI=1S/C14H21N5O/c1-10-8-18-7-3-4-11(18)9-19(10)14(20)12-5-2-6-16-13(12)17-15/h2,5-6,10-11H,3-4,7-9,15H2,1H3,(H,16,17). The second-order valence-corrected chi connectivity index (χ2v) is 5.64. The first-order valence-corrected chi connectivity index (χ1v) is 7.17. The minimum Gasteiger partial charge on any atom is -0.333 e. The van der Waals surface area contributed by atoms with Crippen LogP contribution in [0.1, 0.15) is 30.1 Å². The lowest BCUT2D eigenvalue weighted by atomic mass is 10.1. The van der Waals surface area contributed by atoms with Gasteiger partial charge in [0.15, 0.2) is 5.82 Å². The van der Waals surface area contributed by atoms with Crippen molar-refractivity contribution < 1.29 is 4.79 Å². The number of amides is 1. The molecule has 0 aromatic carbocycles. The number of nitrogens with one attached hydrogen (secondary N) is 1. The zero-order chi connectivity index (χ0) is 14.1. The molecule has 2 unspecified atom stereocenters. The third-order valence-electron chi connectivity index (χ3n) is 4.37.